The van der Waals surface area contributed by atoms with Gasteiger partial charge in [-0.25, -0.2) is 0 Å². The zero-order chi connectivity index (χ0) is 12.7. The number of hydrogen-bond donors (Lipinski definition) is 1. The van der Waals surface area contributed by atoms with Gasteiger partial charge in [-0.1, -0.05) is 25.1 Å². The SMILES string of the molecule is Cc1ccccc1OCCSC(C)CC(=O)O. The Kier molecular flexibility index (Phi) is 5.91. The molecule has 0 aliphatic heterocycles. The van der Waals surface area contributed by atoms with Crippen molar-refractivity contribution in [2.75, 3.05) is 12.4 Å². The number of carbonyl (C=O) groups is 1. The van der Waals surface area contributed by atoms with Crippen LogP contribution in [0.5, 0.6) is 5.75 Å². The maximum absolute atomic E-state index is 10.5. The van der Waals surface area contributed by atoms with E-state index in [9.17, 15) is 4.79 Å². The van der Waals surface area contributed by atoms with Gasteiger partial charge in [-0.05, 0) is 18.6 Å². The lowest BCUT2D eigenvalue weighted by Gasteiger charge is -2.11. The van der Waals surface area contributed by atoms with Gasteiger partial charge in [-0.15, -0.1) is 0 Å². The molecule has 3 nitrogen and oxygen atoms in total. The Balaban J connectivity index is 2.20. The van der Waals surface area contributed by atoms with Crippen molar-refractivity contribution in [2.45, 2.75) is 25.5 Å². The van der Waals surface area contributed by atoms with Gasteiger partial charge in [0.15, 0.2) is 0 Å². The summed E-state index contributed by atoms with van der Waals surface area (Å²) >= 11 is 1.62. The predicted octanol–water partition coefficient (Wildman–Crippen LogP) is 2.97. The van der Waals surface area contributed by atoms with E-state index >= 15 is 0 Å². The van der Waals surface area contributed by atoms with E-state index in [0.717, 1.165) is 17.1 Å². The maximum Gasteiger partial charge on any atom is 0.304 e. The standard InChI is InChI=1S/C13H18O3S/c1-10-5-3-4-6-12(10)16-7-8-17-11(2)9-13(14)15/h3-6,11H,7-9H2,1-2H3,(H,14,15). The highest BCUT2D eigenvalue weighted by Crippen LogP contribution is 2.18. The van der Waals surface area contributed by atoms with Crippen molar-refractivity contribution >= 4 is 17.7 Å². The molecule has 1 unspecified atom stereocenters. The minimum absolute atomic E-state index is 0.132. The van der Waals surface area contributed by atoms with Crippen molar-refractivity contribution < 1.29 is 14.6 Å². The third-order valence-corrected chi connectivity index (χ3v) is 3.44. The number of carboxylic acid groups (broad SMARTS) is 1. The molecule has 0 heterocycles. The van der Waals surface area contributed by atoms with E-state index < -0.39 is 5.97 Å². The van der Waals surface area contributed by atoms with Crippen LogP contribution in [0.1, 0.15) is 18.9 Å². The molecule has 1 N–H and O–H groups in total. The van der Waals surface area contributed by atoms with Crippen molar-refractivity contribution in [3.63, 3.8) is 0 Å². The molecular formula is C13H18O3S. The van der Waals surface area contributed by atoms with Gasteiger partial charge in [-0.3, -0.25) is 4.79 Å². The summed E-state index contributed by atoms with van der Waals surface area (Å²) in [4.78, 5) is 10.5. The monoisotopic (exact) mass is 254 g/mol. The van der Waals surface area contributed by atoms with Crippen LogP contribution in [0.25, 0.3) is 0 Å². The fraction of sp³-hybridized carbons (Fsp3) is 0.462. The van der Waals surface area contributed by atoms with Crippen molar-refractivity contribution in [1.29, 1.82) is 0 Å². The van der Waals surface area contributed by atoms with Crippen LogP contribution >= 0.6 is 11.8 Å². The molecule has 0 bridgehead atoms. The highest BCUT2D eigenvalue weighted by atomic mass is 32.2. The molecule has 1 rings (SSSR count). The predicted molar refractivity (Wildman–Crippen MR) is 70.8 cm³/mol. The lowest BCUT2D eigenvalue weighted by Crippen LogP contribution is -2.09. The van der Waals surface area contributed by atoms with E-state index in [-0.39, 0.29) is 11.7 Å². The van der Waals surface area contributed by atoms with Crippen molar-refractivity contribution in [2.24, 2.45) is 0 Å². The first-order valence-corrected chi connectivity index (χ1v) is 6.66. The van der Waals surface area contributed by atoms with Crippen molar-refractivity contribution in [3.8, 4) is 5.75 Å². The summed E-state index contributed by atoms with van der Waals surface area (Å²) in [5, 5.41) is 8.74. The van der Waals surface area contributed by atoms with Crippen LogP contribution in [0.15, 0.2) is 24.3 Å². The number of hydrogen-bond acceptors (Lipinski definition) is 3. The van der Waals surface area contributed by atoms with Crippen LogP contribution in [0.3, 0.4) is 0 Å². The second kappa shape index (κ2) is 7.22. The Morgan fingerprint density at radius 3 is 2.82 bits per heavy atom. The number of carboxylic acids is 1. The number of benzene rings is 1. The zero-order valence-corrected chi connectivity index (χ0v) is 11.0. The van der Waals surface area contributed by atoms with Crippen LogP contribution in [-0.2, 0) is 4.79 Å². The molecule has 1 aromatic rings. The Bertz CT molecular complexity index is 365. The average Bonchev–Trinajstić information content (AvgIpc) is 2.25. The summed E-state index contributed by atoms with van der Waals surface area (Å²) in [6.07, 6.45) is 0.203. The van der Waals surface area contributed by atoms with Gasteiger partial charge in [0.1, 0.15) is 5.75 Å². The molecule has 94 valence electrons. The lowest BCUT2D eigenvalue weighted by atomic mass is 10.2. The van der Waals surface area contributed by atoms with Gasteiger partial charge in [0.2, 0.25) is 0 Å². The van der Waals surface area contributed by atoms with Gasteiger partial charge >= 0.3 is 5.97 Å². The molecule has 17 heavy (non-hydrogen) atoms. The Morgan fingerprint density at radius 1 is 1.47 bits per heavy atom. The molecule has 0 saturated heterocycles. The number of thioether (sulfide) groups is 1. The third-order valence-electron chi connectivity index (χ3n) is 2.30. The van der Waals surface area contributed by atoms with E-state index in [4.69, 9.17) is 9.84 Å². The first-order chi connectivity index (χ1) is 8.09. The Hall–Kier alpha value is -1.16. The normalized spacial score (nSPS) is 12.1. The molecule has 0 radical (unpaired) electrons. The second-order valence-corrected chi connectivity index (χ2v) is 5.44. The van der Waals surface area contributed by atoms with Crippen LogP contribution in [-0.4, -0.2) is 28.7 Å². The summed E-state index contributed by atoms with van der Waals surface area (Å²) in [5.41, 5.74) is 1.12. The highest BCUT2D eigenvalue weighted by molar-refractivity contribution is 7.99. The van der Waals surface area contributed by atoms with Crippen LogP contribution in [0, 0.1) is 6.92 Å². The van der Waals surface area contributed by atoms with Crippen molar-refractivity contribution in [1.82, 2.24) is 0 Å². The molecule has 0 saturated carbocycles. The first-order valence-electron chi connectivity index (χ1n) is 5.61. The number of aliphatic carboxylic acids is 1. The van der Waals surface area contributed by atoms with Crippen LogP contribution in [0.4, 0.5) is 0 Å². The summed E-state index contributed by atoms with van der Waals surface area (Å²) in [6, 6.07) is 7.88. The van der Waals surface area contributed by atoms with E-state index in [1.807, 2.05) is 38.1 Å². The number of aryl methyl sites for hydroxylation is 1. The van der Waals surface area contributed by atoms with Gasteiger partial charge in [0, 0.05) is 11.0 Å². The summed E-state index contributed by atoms with van der Waals surface area (Å²) in [5.74, 6) is 0.965. The fourth-order valence-corrected chi connectivity index (χ4v) is 2.27. The maximum atomic E-state index is 10.5. The average molecular weight is 254 g/mol. The van der Waals surface area contributed by atoms with Crippen LogP contribution in [0.2, 0.25) is 0 Å². The van der Waals surface area contributed by atoms with E-state index in [1.165, 1.54) is 0 Å². The number of para-hydroxylation sites is 1. The molecule has 0 spiro atoms. The van der Waals surface area contributed by atoms with Crippen LogP contribution < -0.4 is 4.74 Å². The lowest BCUT2D eigenvalue weighted by molar-refractivity contribution is -0.136. The zero-order valence-electron chi connectivity index (χ0n) is 10.2. The number of rotatable bonds is 7. The molecule has 0 aliphatic rings. The van der Waals surface area contributed by atoms with E-state index in [2.05, 4.69) is 0 Å². The largest absolute Gasteiger partial charge is 0.492 e. The van der Waals surface area contributed by atoms with Crippen molar-refractivity contribution in [3.05, 3.63) is 29.8 Å². The van der Waals surface area contributed by atoms with Gasteiger partial charge in [0.25, 0.3) is 0 Å². The fourth-order valence-electron chi connectivity index (χ4n) is 1.42. The molecule has 0 fully saturated rings. The topological polar surface area (TPSA) is 46.5 Å². The molecular weight excluding hydrogens is 236 g/mol. The second-order valence-electron chi connectivity index (χ2n) is 3.89. The Labute approximate surface area is 106 Å². The molecule has 0 aliphatic carbocycles. The van der Waals surface area contributed by atoms with E-state index in [0.29, 0.717) is 6.61 Å². The summed E-state index contributed by atoms with van der Waals surface area (Å²) in [6.45, 7) is 4.54. The quantitative estimate of drug-likeness (QED) is 0.760. The smallest absolute Gasteiger partial charge is 0.304 e. The van der Waals surface area contributed by atoms with Gasteiger partial charge in [0.05, 0.1) is 13.0 Å². The Morgan fingerprint density at radius 2 is 2.18 bits per heavy atom. The molecule has 1 aromatic carbocycles. The minimum Gasteiger partial charge on any atom is -0.492 e. The molecule has 0 amide bonds. The number of ether oxygens (including phenoxy) is 1. The van der Waals surface area contributed by atoms with Gasteiger partial charge < -0.3 is 9.84 Å². The van der Waals surface area contributed by atoms with Gasteiger partial charge in [-0.2, -0.15) is 11.8 Å². The first kappa shape index (κ1) is 13.9. The highest BCUT2D eigenvalue weighted by Gasteiger charge is 2.07. The molecule has 1 atom stereocenters. The summed E-state index contributed by atoms with van der Waals surface area (Å²) in [7, 11) is 0. The minimum atomic E-state index is -0.746. The third kappa shape index (κ3) is 5.63. The molecule has 4 heteroatoms. The summed E-state index contributed by atoms with van der Waals surface area (Å²) < 4.78 is 5.62. The van der Waals surface area contributed by atoms with E-state index in [1.54, 1.807) is 11.8 Å². The molecule has 0 aromatic heterocycles.